The molecule has 0 unspecified atom stereocenters. The Morgan fingerprint density at radius 1 is 1.28 bits per heavy atom. The number of carbonyl (C=O) groups is 1. The molecule has 0 bridgehead atoms. The monoisotopic (exact) mass is 427 g/mol. The summed E-state index contributed by atoms with van der Waals surface area (Å²) >= 11 is 7.73. The lowest BCUT2D eigenvalue weighted by molar-refractivity contribution is 0.102. The van der Waals surface area contributed by atoms with Crippen LogP contribution in [0.1, 0.15) is 21.6 Å². The Morgan fingerprint density at radius 2 is 2.07 bits per heavy atom. The van der Waals surface area contributed by atoms with E-state index in [0.29, 0.717) is 17.4 Å². The first-order chi connectivity index (χ1) is 14.0. The number of thiazole rings is 1. The maximum atomic E-state index is 13.1. The number of anilines is 1. The van der Waals surface area contributed by atoms with Gasteiger partial charge in [0.05, 0.1) is 23.5 Å². The van der Waals surface area contributed by atoms with Crippen LogP contribution in [0.3, 0.4) is 0 Å². The van der Waals surface area contributed by atoms with Crippen LogP contribution in [0.25, 0.3) is 11.3 Å². The van der Waals surface area contributed by atoms with Crippen LogP contribution in [-0.2, 0) is 6.54 Å². The van der Waals surface area contributed by atoms with Gasteiger partial charge in [-0.25, -0.2) is 14.1 Å². The van der Waals surface area contributed by atoms with Crippen LogP contribution in [0.4, 0.5) is 9.52 Å². The molecule has 3 aromatic heterocycles. The second-order valence-corrected chi connectivity index (χ2v) is 7.49. The molecule has 4 aromatic rings. The van der Waals surface area contributed by atoms with Crippen molar-refractivity contribution in [2.24, 2.45) is 0 Å². The van der Waals surface area contributed by atoms with E-state index in [1.807, 2.05) is 17.5 Å². The molecule has 4 rings (SSSR count). The van der Waals surface area contributed by atoms with E-state index in [4.69, 9.17) is 11.6 Å². The number of aromatic nitrogens is 4. The van der Waals surface area contributed by atoms with Gasteiger partial charge in [0.15, 0.2) is 5.13 Å². The Hall–Kier alpha value is -3.10. The first-order valence-electron chi connectivity index (χ1n) is 8.66. The Balaban J connectivity index is 1.52. The van der Waals surface area contributed by atoms with E-state index in [9.17, 15) is 9.18 Å². The molecule has 0 atom stereocenters. The molecule has 0 spiro atoms. The highest BCUT2D eigenvalue weighted by Gasteiger charge is 2.21. The zero-order valence-corrected chi connectivity index (χ0v) is 16.8. The summed E-state index contributed by atoms with van der Waals surface area (Å²) in [6.45, 7) is 2.04. The van der Waals surface area contributed by atoms with Gasteiger partial charge in [-0.05, 0) is 36.8 Å². The van der Waals surface area contributed by atoms with E-state index in [1.54, 1.807) is 31.5 Å². The number of hydrogen-bond donors (Lipinski definition) is 1. The van der Waals surface area contributed by atoms with Gasteiger partial charge in [0.25, 0.3) is 5.91 Å². The number of nitrogens with zero attached hydrogens (tertiary/aromatic N) is 4. The van der Waals surface area contributed by atoms with Gasteiger partial charge < -0.3 is 0 Å². The topological polar surface area (TPSA) is 72.7 Å². The number of halogens is 2. The minimum absolute atomic E-state index is 0.216. The average Bonchev–Trinajstić information content (AvgIpc) is 3.28. The standard InChI is InChI=1S/C20H15ClFN5OS/c1-12-17(18(21)27(26-12)10-13-4-6-15(22)7-5-13)19(28)25-20-24-16(11-29-20)14-3-2-8-23-9-14/h2-9,11H,10H2,1H3,(H,24,25,28). The number of nitrogens with one attached hydrogen (secondary N) is 1. The number of benzene rings is 1. The molecule has 1 aromatic carbocycles. The van der Waals surface area contributed by atoms with E-state index < -0.39 is 0 Å². The van der Waals surface area contributed by atoms with Crippen LogP contribution in [0, 0.1) is 12.7 Å². The molecule has 0 aliphatic carbocycles. The fraction of sp³-hybridized carbons (Fsp3) is 0.100. The van der Waals surface area contributed by atoms with E-state index in [1.165, 1.54) is 28.2 Å². The minimum atomic E-state index is -0.384. The average molecular weight is 428 g/mol. The van der Waals surface area contributed by atoms with Gasteiger partial charge >= 0.3 is 0 Å². The maximum absolute atomic E-state index is 13.1. The lowest BCUT2D eigenvalue weighted by Crippen LogP contribution is -2.13. The van der Waals surface area contributed by atoms with Crippen LogP contribution in [0.5, 0.6) is 0 Å². The van der Waals surface area contributed by atoms with E-state index in [-0.39, 0.29) is 22.4 Å². The van der Waals surface area contributed by atoms with Gasteiger partial charge in [-0.2, -0.15) is 5.10 Å². The highest BCUT2D eigenvalue weighted by molar-refractivity contribution is 7.14. The maximum Gasteiger partial charge on any atom is 0.262 e. The number of aryl methyl sites for hydroxylation is 1. The normalized spacial score (nSPS) is 10.9. The molecular weight excluding hydrogens is 413 g/mol. The van der Waals surface area contributed by atoms with Gasteiger partial charge in [0.2, 0.25) is 0 Å². The second-order valence-electron chi connectivity index (χ2n) is 6.27. The second kappa shape index (κ2) is 8.10. The molecule has 9 heteroatoms. The van der Waals surface area contributed by atoms with Crippen molar-refractivity contribution in [3.8, 4) is 11.3 Å². The first-order valence-corrected chi connectivity index (χ1v) is 9.91. The van der Waals surface area contributed by atoms with Crippen LogP contribution < -0.4 is 5.32 Å². The molecule has 146 valence electrons. The zero-order valence-electron chi connectivity index (χ0n) is 15.3. The minimum Gasteiger partial charge on any atom is -0.298 e. The molecular formula is C20H15ClFN5OS. The third-order valence-electron chi connectivity index (χ3n) is 4.22. The summed E-state index contributed by atoms with van der Waals surface area (Å²) < 4.78 is 14.6. The molecule has 0 aliphatic rings. The Kier molecular flexibility index (Phi) is 5.37. The van der Waals surface area contributed by atoms with Gasteiger partial charge in [0, 0.05) is 23.3 Å². The Bertz CT molecular complexity index is 1160. The zero-order chi connectivity index (χ0) is 20.4. The van der Waals surface area contributed by atoms with Crippen LogP contribution in [0.15, 0.2) is 54.2 Å². The third-order valence-corrected chi connectivity index (χ3v) is 5.36. The summed E-state index contributed by atoms with van der Waals surface area (Å²) in [6.07, 6.45) is 3.40. The summed E-state index contributed by atoms with van der Waals surface area (Å²) in [5.41, 5.74) is 3.20. The summed E-state index contributed by atoms with van der Waals surface area (Å²) in [6, 6.07) is 9.76. The highest BCUT2D eigenvalue weighted by Crippen LogP contribution is 2.26. The van der Waals surface area contributed by atoms with Gasteiger partial charge in [-0.1, -0.05) is 23.7 Å². The van der Waals surface area contributed by atoms with Crippen molar-refractivity contribution >= 4 is 34.0 Å². The van der Waals surface area contributed by atoms with Crippen molar-refractivity contribution in [3.05, 3.63) is 82.0 Å². The summed E-state index contributed by atoms with van der Waals surface area (Å²) in [5, 5.41) is 9.64. The quantitative estimate of drug-likeness (QED) is 0.496. The highest BCUT2D eigenvalue weighted by atomic mass is 35.5. The summed E-state index contributed by atoms with van der Waals surface area (Å²) in [4.78, 5) is 21.3. The molecule has 29 heavy (non-hydrogen) atoms. The summed E-state index contributed by atoms with van der Waals surface area (Å²) in [7, 11) is 0. The van der Waals surface area contributed by atoms with E-state index >= 15 is 0 Å². The number of amides is 1. The molecule has 6 nitrogen and oxygen atoms in total. The molecule has 0 saturated carbocycles. The predicted octanol–water partition coefficient (Wildman–Crippen LogP) is 4.80. The number of hydrogen-bond acceptors (Lipinski definition) is 5. The molecule has 0 saturated heterocycles. The van der Waals surface area contributed by atoms with Crippen molar-refractivity contribution in [1.29, 1.82) is 0 Å². The molecule has 1 N–H and O–H groups in total. The van der Waals surface area contributed by atoms with Crippen molar-refractivity contribution in [3.63, 3.8) is 0 Å². The SMILES string of the molecule is Cc1nn(Cc2ccc(F)cc2)c(Cl)c1C(=O)Nc1nc(-c2cccnc2)cs1. The number of pyridine rings is 1. The van der Waals surface area contributed by atoms with Crippen molar-refractivity contribution in [2.75, 3.05) is 5.32 Å². The van der Waals surface area contributed by atoms with E-state index in [0.717, 1.165) is 16.8 Å². The van der Waals surface area contributed by atoms with Crippen LogP contribution in [0.2, 0.25) is 5.15 Å². The van der Waals surface area contributed by atoms with Gasteiger partial charge in [-0.3, -0.25) is 15.1 Å². The lowest BCUT2D eigenvalue weighted by Gasteiger charge is -2.04. The van der Waals surface area contributed by atoms with Gasteiger partial charge in [0.1, 0.15) is 11.0 Å². The Morgan fingerprint density at radius 3 is 2.79 bits per heavy atom. The fourth-order valence-corrected chi connectivity index (χ4v) is 3.85. The number of rotatable bonds is 5. The van der Waals surface area contributed by atoms with Crippen molar-refractivity contribution in [1.82, 2.24) is 19.7 Å². The van der Waals surface area contributed by atoms with Crippen molar-refractivity contribution < 1.29 is 9.18 Å². The number of carbonyl (C=O) groups excluding carboxylic acids is 1. The molecule has 1 amide bonds. The third kappa shape index (κ3) is 4.18. The lowest BCUT2D eigenvalue weighted by atomic mass is 10.2. The molecule has 3 heterocycles. The van der Waals surface area contributed by atoms with Crippen molar-refractivity contribution in [2.45, 2.75) is 13.5 Å². The summed E-state index contributed by atoms with van der Waals surface area (Å²) in [5.74, 6) is -0.699. The van der Waals surface area contributed by atoms with Crippen LogP contribution in [-0.4, -0.2) is 25.7 Å². The smallest absolute Gasteiger partial charge is 0.262 e. The fourth-order valence-electron chi connectivity index (χ4n) is 2.82. The Labute approximate surface area is 175 Å². The molecule has 0 fully saturated rings. The molecule has 0 radical (unpaired) electrons. The predicted molar refractivity (Wildman–Crippen MR) is 111 cm³/mol. The molecule has 0 aliphatic heterocycles. The largest absolute Gasteiger partial charge is 0.298 e. The van der Waals surface area contributed by atoms with Crippen LogP contribution >= 0.6 is 22.9 Å². The van der Waals surface area contributed by atoms with Gasteiger partial charge in [-0.15, -0.1) is 11.3 Å². The first kappa shape index (κ1) is 19.2. The van der Waals surface area contributed by atoms with E-state index in [2.05, 4.69) is 20.4 Å².